The Labute approximate surface area is 131 Å². The highest BCUT2D eigenvalue weighted by Gasteiger charge is 2.18. The molecule has 0 aliphatic rings. The molecule has 0 radical (unpaired) electrons. The predicted molar refractivity (Wildman–Crippen MR) is 97.0 cm³/mol. The minimum Gasteiger partial charge on any atom is -0.0654 e. The van der Waals surface area contributed by atoms with Crippen LogP contribution in [0.5, 0.6) is 0 Å². The Morgan fingerprint density at radius 1 is 0.857 bits per heavy atom. The van der Waals surface area contributed by atoms with Gasteiger partial charge < -0.3 is 0 Å². The van der Waals surface area contributed by atoms with Gasteiger partial charge in [-0.3, -0.25) is 0 Å². The van der Waals surface area contributed by atoms with Gasteiger partial charge in [0.05, 0.1) is 0 Å². The third kappa shape index (κ3) is 2.93. The molecule has 1 atom stereocenters. The van der Waals surface area contributed by atoms with Crippen molar-refractivity contribution in [1.29, 1.82) is 0 Å². The fraction of sp³-hybridized carbons (Fsp3) is 0.400. The summed E-state index contributed by atoms with van der Waals surface area (Å²) in [6.45, 7) is 11.4. The van der Waals surface area contributed by atoms with Crippen molar-refractivity contribution in [2.24, 2.45) is 0 Å². The Kier molecular flexibility index (Phi) is 4.93. The van der Waals surface area contributed by atoms with Gasteiger partial charge in [-0.15, -0.1) is 0 Å². The van der Waals surface area contributed by atoms with E-state index in [2.05, 4.69) is 72.8 Å². The summed E-state index contributed by atoms with van der Waals surface area (Å²) < 4.78 is 0. The molecule has 0 aliphatic heterocycles. The lowest BCUT2D eigenvalue weighted by Gasteiger charge is -2.24. The summed E-state index contributed by atoms with van der Waals surface area (Å²) in [5, 5.41) is 0. The molecule has 0 amide bonds. The Morgan fingerprint density at radius 2 is 1.38 bits per heavy atom. The predicted octanol–water partition coefficient (Wildman–Crippen LogP) is 5.06. The van der Waals surface area contributed by atoms with Gasteiger partial charge in [-0.2, -0.15) is 0 Å². The summed E-state index contributed by atoms with van der Waals surface area (Å²) in [6.07, 6.45) is 2.52. The third-order valence-electron chi connectivity index (χ3n) is 4.96. The molecule has 1 unspecified atom stereocenters. The third-order valence-corrected chi connectivity index (χ3v) is 4.96. The minimum atomic E-state index is 0.650. The first-order valence-electron chi connectivity index (χ1n) is 8.14. The lowest BCUT2D eigenvalue weighted by molar-refractivity contribution is 0.759. The average Bonchev–Trinajstić information content (AvgIpc) is 2.47. The molecule has 0 saturated heterocycles. The summed E-state index contributed by atoms with van der Waals surface area (Å²) in [7, 11) is 2.37. The van der Waals surface area contributed by atoms with E-state index >= 15 is 0 Å². The fourth-order valence-electron chi connectivity index (χ4n) is 3.70. The zero-order valence-corrected chi connectivity index (χ0v) is 14.4. The zero-order valence-electron chi connectivity index (χ0n) is 14.4. The fourth-order valence-corrected chi connectivity index (χ4v) is 3.70. The molecule has 0 nitrogen and oxygen atoms in total. The second-order valence-corrected chi connectivity index (χ2v) is 6.34. The number of hydrogen-bond donors (Lipinski definition) is 0. The molecule has 0 spiro atoms. The van der Waals surface area contributed by atoms with E-state index in [0.717, 1.165) is 0 Å². The van der Waals surface area contributed by atoms with Gasteiger partial charge in [0.2, 0.25) is 0 Å². The van der Waals surface area contributed by atoms with Crippen molar-refractivity contribution in [3.05, 3.63) is 58.1 Å². The van der Waals surface area contributed by atoms with Crippen LogP contribution in [0.4, 0.5) is 0 Å². The van der Waals surface area contributed by atoms with Crippen molar-refractivity contribution >= 4 is 7.85 Å². The largest absolute Gasteiger partial charge is 0.111 e. The van der Waals surface area contributed by atoms with Crippen molar-refractivity contribution in [3.8, 4) is 11.1 Å². The van der Waals surface area contributed by atoms with Crippen molar-refractivity contribution in [2.75, 3.05) is 0 Å². The summed E-state index contributed by atoms with van der Waals surface area (Å²) in [5.74, 6) is 0.650. The molecule has 21 heavy (non-hydrogen) atoms. The van der Waals surface area contributed by atoms with Crippen molar-refractivity contribution in [3.63, 3.8) is 0 Å². The van der Waals surface area contributed by atoms with E-state index in [1.54, 1.807) is 5.56 Å². The molecule has 0 aromatic heterocycles. The van der Waals surface area contributed by atoms with E-state index in [4.69, 9.17) is 0 Å². The molecule has 1 heteroatoms. The molecule has 0 bridgehead atoms. The molecule has 0 N–H and O–H groups in total. The maximum Gasteiger partial charge on any atom is 0.111 e. The lowest BCUT2D eigenvalue weighted by atomic mass is 9.71. The Hall–Kier alpha value is -1.50. The zero-order chi connectivity index (χ0) is 15.6. The highest BCUT2D eigenvalue weighted by atomic mass is 14.2. The first-order valence-corrected chi connectivity index (χ1v) is 8.14. The smallest absolute Gasteiger partial charge is 0.0654 e. The molecule has 2 rings (SSSR count). The van der Waals surface area contributed by atoms with Crippen LogP contribution in [0.15, 0.2) is 30.3 Å². The molecule has 110 valence electrons. The van der Waals surface area contributed by atoms with E-state index in [9.17, 15) is 0 Å². The van der Waals surface area contributed by atoms with Gasteiger partial charge in [0.15, 0.2) is 0 Å². The molecule has 0 heterocycles. The van der Waals surface area contributed by atoms with Crippen LogP contribution in [-0.4, -0.2) is 7.85 Å². The minimum absolute atomic E-state index is 0.650. The molecule has 2 aromatic carbocycles. The molecular weight excluding hydrogens is 251 g/mol. The van der Waals surface area contributed by atoms with Crippen molar-refractivity contribution < 1.29 is 0 Å². The van der Waals surface area contributed by atoms with E-state index in [1.165, 1.54) is 46.2 Å². The van der Waals surface area contributed by atoms with Crippen LogP contribution in [0.3, 0.4) is 0 Å². The van der Waals surface area contributed by atoms with Crippen LogP contribution in [0.1, 0.15) is 53.4 Å². The van der Waals surface area contributed by atoms with Crippen molar-refractivity contribution in [2.45, 2.75) is 53.3 Å². The Bertz CT molecular complexity index is 597. The van der Waals surface area contributed by atoms with Gasteiger partial charge in [0.1, 0.15) is 7.85 Å². The van der Waals surface area contributed by atoms with Crippen LogP contribution in [0.2, 0.25) is 0 Å². The number of rotatable bonds is 4. The second kappa shape index (κ2) is 6.51. The Morgan fingerprint density at radius 3 is 1.86 bits per heavy atom. The van der Waals surface area contributed by atoms with Gasteiger partial charge >= 0.3 is 0 Å². The van der Waals surface area contributed by atoms with Gasteiger partial charge in [-0.1, -0.05) is 50.1 Å². The summed E-state index contributed by atoms with van der Waals surface area (Å²) >= 11 is 0. The first kappa shape index (κ1) is 15.9. The van der Waals surface area contributed by atoms with Gasteiger partial charge in [-0.25, -0.2) is 0 Å². The summed E-state index contributed by atoms with van der Waals surface area (Å²) in [4.78, 5) is 0. The highest BCUT2D eigenvalue weighted by Crippen LogP contribution is 2.37. The topological polar surface area (TPSA) is 0 Å². The molecule has 0 aliphatic carbocycles. The van der Waals surface area contributed by atoms with E-state index < -0.39 is 0 Å². The van der Waals surface area contributed by atoms with E-state index in [0.29, 0.717) is 5.82 Å². The second-order valence-electron chi connectivity index (χ2n) is 6.34. The van der Waals surface area contributed by atoms with Crippen LogP contribution in [0.25, 0.3) is 11.1 Å². The van der Waals surface area contributed by atoms with Crippen LogP contribution in [0, 0.1) is 27.7 Å². The highest BCUT2D eigenvalue weighted by molar-refractivity contribution is 6.12. The first-order chi connectivity index (χ1) is 9.99. The average molecular weight is 278 g/mol. The maximum absolute atomic E-state index is 2.37. The number of hydrogen-bond acceptors (Lipinski definition) is 0. The maximum atomic E-state index is 2.37. The van der Waals surface area contributed by atoms with Gasteiger partial charge in [0, 0.05) is 0 Å². The van der Waals surface area contributed by atoms with Gasteiger partial charge in [0.25, 0.3) is 0 Å². The molecule has 0 fully saturated rings. The quantitative estimate of drug-likeness (QED) is 0.685. The normalized spacial score (nSPS) is 12.4. The van der Waals surface area contributed by atoms with E-state index in [-0.39, 0.29) is 0 Å². The molecular formula is C20H27B. The molecule has 2 aromatic rings. The summed E-state index contributed by atoms with van der Waals surface area (Å²) in [6, 6.07) is 10.8. The van der Waals surface area contributed by atoms with E-state index in [1.807, 2.05) is 0 Å². The van der Waals surface area contributed by atoms with Crippen LogP contribution < -0.4 is 0 Å². The standard InChI is InChI=1S/C20H27B/c1-6-10-18(21)20-15(4)13(2)19(14(3)16(20)5)17-11-8-7-9-12-17/h7-9,11-12,18H,6,10,21H2,1-5H3. The summed E-state index contributed by atoms with van der Waals surface area (Å²) in [5.41, 5.74) is 10.2. The number of benzene rings is 2. The lowest BCUT2D eigenvalue weighted by Crippen LogP contribution is -2.08. The van der Waals surface area contributed by atoms with Crippen LogP contribution in [-0.2, 0) is 0 Å². The Balaban J connectivity index is 2.67. The SMILES string of the molecule is BC(CCC)c1c(C)c(C)c(-c2ccccc2)c(C)c1C. The van der Waals surface area contributed by atoms with Crippen LogP contribution >= 0.6 is 0 Å². The van der Waals surface area contributed by atoms with Gasteiger partial charge in [-0.05, 0) is 72.5 Å². The van der Waals surface area contributed by atoms with Crippen molar-refractivity contribution in [1.82, 2.24) is 0 Å². The molecule has 0 saturated carbocycles. The monoisotopic (exact) mass is 278 g/mol.